The molecule has 0 bridgehead atoms. The average Bonchev–Trinajstić information content (AvgIpc) is 3.49. The number of nitrogens with one attached hydrogen (secondary N) is 1. The number of ketones is 2. The molecule has 6 aromatic carbocycles. The number of esters is 4. The molecule has 0 saturated heterocycles. The summed E-state index contributed by atoms with van der Waals surface area (Å²) in [5.41, 5.74) is 7.24. The zero-order valence-electron chi connectivity index (χ0n) is 43.3. The van der Waals surface area contributed by atoms with Crippen molar-refractivity contribution in [1.82, 2.24) is 9.97 Å². The number of aliphatic hydroxyl groups excluding tert-OH is 4. The molecule has 0 radical (unpaired) electrons. The number of halogens is 1. The van der Waals surface area contributed by atoms with Gasteiger partial charge in [-0.2, -0.15) is 0 Å². The molecule has 2 aliphatic rings. The number of aliphatic hydroxyl groups is 4. The number of hydrogen-bond donors (Lipinski definition) is 5. The Morgan fingerprint density at radius 1 is 0.557 bits per heavy atom. The van der Waals surface area contributed by atoms with Gasteiger partial charge in [-0.25, -0.2) is 29.1 Å². The lowest BCUT2D eigenvalue weighted by molar-refractivity contribution is 0.0556. The summed E-state index contributed by atoms with van der Waals surface area (Å²) in [6, 6.07) is 31.6. The van der Waals surface area contributed by atoms with E-state index in [4.69, 9.17) is 18.9 Å². The van der Waals surface area contributed by atoms with Gasteiger partial charge in [0.1, 0.15) is 10.4 Å². The second-order valence-corrected chi connectivity index (χ2v) is 18.7. The van der Waals surface area contributed by atoms with Crippen LogP contribution in [0.15, 0.2) is 126 Å². The molecule has 2 aliphatic heterocycles. The lowest BCUT2D eigenvalue weighted by Crippen LogP contribution is -2.28. The van der Waals surface area contributed by atoms with Crippen LogP contribution in [-0.4, -0.2) is 107 Å². The number of anilines is 3. The minimum atomic E-state index is -0.739. The molecule has 4 heterocycles. The van der Waals surface area contributed by atoms with Crippen molar-refractivity contribution < 1.29 is 68.1 Å². The van der Waals surface area contributed by atoms with Crippen LogP contribution in [-0.2, 0) is 45.4 Å². The first-order valence-electron chi connectivity index (χ1n) is 24.6. The Morgan fingerprint density at radius 2 is 1.03 bits per heavy atom. The van der Waals surface area contributed by atoms with Crippen molar-refractivity contribution in [3.63, 3.8) is 0 Å². The standard InChI is InChI=1S/C30H26N2O7.C21H18BrNO6.C9H9NO/c1-38-29(36)23-12-18-11-19(15-33)20(16-34)13-22(18)27(28(23)30(37)39-2)17-7-9-31-26(14-17)32-10-8-25(35)21-5-3-4-6-24(21)32;1-28-20(26)16-6-12-5-13(9-24)14(10-25)7-15(12)18(19(16)21(27)29-2)11-3-4-23-17(22)8-11;11-9-5-6-10-8-4-2-1-3-7(8)9/h3-7,9,11-14,33-34H,8,10,15-16H2,1-2H3;3-8,24-25H,9-10H2,1-2H3;1-4,10H,5-6H2. The molecule has 0 saturated carbocycles. The first kappa shape index (κ1) is 56.5. The van der Waals surface area contributed by atoms with Gasteiger partial charge in [-0.05, 0) is 156 Å². The van der Waals surface area contributed by atoms with Gasteiger partial charge in [-0.15, -0.1) is 0 Å². The molecular formula is C60H53BrN4O14. The quantitative estimate of drug-likeness (QED) is 0.0459. The molecule has 0 spiro atoms. The maximum absolute atomic E-state index is 13.2. The Morgan fingerprint density at radius 3 is 1.53 bits per heavy atom. The van der Waals surface area contributed by atoms with Gasteiger partial charge >= 0.3 is 23.9 Å². The number of carbonyl (C=O) groups is 6. The third-order valence-corrected chi connectivity index (χ3v) is 13.9. The van der Waals surface area contributed by atoms with Crippen LogP contribution in [0.5, 0.6) is 0 Å². The van der Waals surface area contributed by atoms with Crippen molar-refractivity contribution in [1.29, 1.82) is 0 Å². The van der Waals surface area contributed by atoms with E-state index in [0.717, 1.165) is 23.5 Å². The van der Waals surface area contributed by atoms with Crippen LogP contribution in [0.2, 0.25) is 0 Å². The molecule has 18 nitrogen and oxygen atoms in total. The fraction of sp³-hybridized carbons (Fsp3) is 0.200. The molecule has 8 aromatic rings. The summed E-state index contributed by atoms with van der Waals surface area (Å²) in [5.74, 6) is -2.01. The number of nitrogens with zero attached hydrogens (tertiary/aromatic N) is 3. The van der Waals surface area contributed by atoms with Crippen LogP contribution in [0.1, 0.15) is 97.2 Å². The van der Waals surface area contributed by atoms with Gasteiger partial charge in [0.05, 0.1) is 82.8 Å². The lowest BCUT2D eigenvalue weighted by Gasteiger charge is -2.30. The van der Waals surface area contributed by atoms with Crippen LogP contribution >= 0.6 is 15.9 Å². The number of pyridine rings is 2. The van der Waals surface area contributed by atoms with E-state index >= 15 is 0 Å². The number of fused-ring (bicyclic) bond motifs is 4. The average molecular weight is 1130 g/mol. The number of para-hydroxylation sites is 2. The fourth-order valence-corrected chi connectivity index (χ4v) is 10.1. The number of methoxy groups -OCH3 is 4. The van der Waals surface area contributed by atoms with E-state index in [1.807, 2.05) is 47.4 Å². The van der Waals surface area contributed by atoms with Gasteiger partial charge in [0, 0.05) is 66.3 Å². The van der Waals surface area contributed by atoms with Gasteiger partial charge in [0.15, 0.2) is 11.6 Å². The minimum Gasteiger partial charge on any atom is -0.465 e. The number of rotatable bonds is 11. The van der Waals surface area contributed by atoms with Crippen LogP contribution in [0.3, 0.4) is 0 Å². The minimum absolute atomic E-state index is 0.000217. The third kappa shape index (κ3) is 11.6. The van der Waals surface area contributed by atoms with E-state index < -0.39 is 23.9 Å². The van der Waals surface area contributed by atoms with Gasteiger partial charge in [0.25, 0.3) is 0 Å². The Hall–Kier alpha value is -8.72. The monoisotopic (exact) mass is 1130 g/mol. The van der Waals surface area contributed by atoms with Gasteiger partial charge in [-0.3, -0.25) is 9.59 Å². The van der Waals surface area contributed by atoms with Gasteiger partial charge < -0.3 is 49.6 Å². The predicted octanol–water partition coefficient (Wildman–Crippen LogP) is 9.09. The summed E-state index contributed by atoms with van der Waals surface area (Å²) < 4.78 is 20.5. The van der Waals surface area contributed by atoms with E-state index in [0.29, 0.717) is 101 Å². The van der Waals surface area contributed by atoms with Crippen molar-refractivity contribution >= 4 is 90.1 Å². The number of Topliss-reactive ketones (excluding diaryl/α,β-unsaturated/α-hetero) is 2. The molecule has 0 unspecified atom stereocenters. The molecule has 0 aliphatic carbocycles. The Bertz CT molecular complexity index is 3710. The molecule has 0 amide bonds. The largest absolute Gasteiger partial charge is 0.465 e. The SMILES string of the molecule is COC(=O)c1cc2cc(CO)c(CO)cc2c(-c2ccnc(Br)c2)c1C(=O)OC.COC(=O)c1cc2cc(CO)c(CO)cc2c(-c2ccnc(N3CCC(=O)c4ccccc43)c2)c1C(=O)OC.O=C1CCNc2ccccc21. The topological polar surface area (TPSA) is 261 Å². The van der Waals surface area contributed by atoms with Crippen LogP contribution in [0, 0.1) is 0 Å². The highest BCUT2D eigenvalue weighted by molar-refractivity contribution is 9.10. The molecule has 2 aromatic heterocycles. The smallest absolute Gasteiger partial charge is 0.339 e. The highest BCUT2D eigenvalue weighted by atomic mass is 79.9. The summed E-state index contributed by atoms with van der Waals surface area (Å²) in [5, 5.41) is 44.7. The zero-order valence-corrected chi connectivity index (χ0v) is 44.9. The van der Waals surface area contributed by atoms with Crippen molar-refractivity contribution in [3.8, 4) is 22.3 Å². The number of hydrogen-bond acceptors (Lipinski definition) is 18. The Balaban J connectivity index is 0.000000179. The third-order valence-electron chi connectivity index (χ3n) is 13.5. The summed E-state index contributed by atoms with van der Waals surface area (Å²) in [7, 11) is 4.91. The predicted molar refractivity (Wildman–Crippen MR) is 297 cm³/mol. The number of benzene rings is 6. The molecule has 79 heavy (non-hydrogen) atoms. The van der Waals surface area contributed by atoms with Crippen molar-refractivity contribution in [2.75, 3.05) is 51.7 Å². The van der Waals surface area contributed by atoms with Crippen molar-refractivity contribution in [2.24, 2.45) is 0 Å². The van der Waals surface area contributed by atoms with E-state index in [1.165, 1.54) is 40.6 Å². The fourth-order valence-electron chi connectivity index (χ4n) is 9.70. The van der Waals surface area contributed by atoms with Gasteiger partial charge in [0.2, 0.25) is 0 Å². The highest BCUT2D eigenvalue weighted by Crippen LogP contribution is 2.41. The number of ether oxygens (including phenoxy) is 4. The first-order chi connectivity index (χ1) is 38.2. The number of aromatic nitrogens is 2. The molecule has 404 valence electrons. The highest BCUT2D eigenvalue weighted by Gasteiger charge is 2.30. The maximum Gasteiger partial charge on any atom is 0.339 e. The molecule has 10 rings (SSSR count). The van der Waals surface area contributed by atoms with E-state index in [1.54, 1.807) is 67.0 Å². The molecule has 5 N–H and O–H groups in total. The Kier molecular flexibility index (Phi) is 18.0. The summed E-state index contributed by atoms with van der Waals surface area (Å²) in [6.45, 7) is -0.0346. The first-order valence-corrected chi connectivity index (χ1v) is 25.4. The lowest BCUT2D eigenvalue weighted by atomic mass is 9.87. The molecule has 0 atom stereocenters. The van der Waals surface area contributed by atoms with Gasteiger partial charge in [-0.1, -0.05) is 24.3 Å². The summed E-state index contributed by atoms with van der Waals surface area (Å²) >= 11 is 3.32. The second-order valence-electron chi connectivity index (χ2n) is 17.9. The molecular weight excluding hydrogens is 1080 g/mol. The summed E-state index contributed by atoms with van der Waals surface area (Å²) in [4.78, 5) is 85.6. The maximum atomic E-state index is 13.2. The zero-order chi connectivity index (χ0) is 56.5. The van der Waals surface area contributed by atoms with Crippen LogP contribution in [0.25, 0.3) is 43.8 Å². The normalized spacial score (nSPS) is 12.4. The van der Waals surface area contributed by atoms with Crippen LogP contribution in [0.4, 0.5) is 17.2 Å². The second kappa shape index (κ2) is 25.2. The van der Waals surface area contributed by atoms with E-state index in [9.17, 15) is 49.2 Å². The van der Waals surface area contributed by atoms with E-state index in [-0.39, 0.29) is 60.2 Å². The molecule has 0 fully saturated rings. The van der Waals surface area contributed by atoms with Crippen molar-refractivity contribution in [2.45, 2.75) is 39.3 Å². The van der Waals surface area contributed by atoms with Crippen LogP contribution < -0.4 is 10.2 Å². The van der Waals surface area contributed by atoms with Crippen molar-refractivity contribution in [3.05, 3.63) is 182 Å². The number of carbonyl (C=O) groups excluding carboxylic acids is 6. The summed E-state index contributed by atoms with van der Waals surface area (Å²) in [6.07, 6.45) is 4.10. The Labute approximate surface area is 461 Å². The molecule has 19 heteroatoms. The van der Waals surface area contributed by atoms with E-state index in [2.05, 4.69) is 31.2 Å².